The van der Waals surface area contributed by atoms with Crippen molar-refractivity contribution in [3.05, 3.63) is 28.3 Å². The van der Waals surface area contributed by atoms with Crippen molar-refractivity contribution < 1.29 is 21.7 Å². The highest BCUT2D eigenvalue weighted by Crippen LogP contribution is 2.42. The molecule has 0 radical (unpaired) electrons. The van der Waals surface area contributed by atoms with Crippen LogP contribution in [-0.2, 0) is 10.4 Å². The lowest BCUT2D eigenvalue weighted by Gasteiger charge is -1.93. The van der Waals surface area contributed by atoms with E-state index in [-0.39, 0.29) is 11.5 Å². The number of benzene rings is 1. The van der Waals surface area contributed by atoms with Gasteiger partial charge in [-0.05, 0) is 6.07 Å². The molecule has 2 rings (SSSR count). The third-order valence-corrected chi connectivity index (χ3v) is 2.29. The van der Waals surface area contributed by atoms with E-state index in [0.29, 0.717) is 0 Å². The maximum atomic E-state index is 10.8. The van der Waals surface area contributed by atoms with Crippen molar-refractivity contribution in [1.82, 2.24) is 0 Å². The SMILES string of the molecule is O=[N+]([O-])c1cccc2c1OS(=O)(=O)O2. The van der Waals surface area contributed by atoms with Gasteiger partial charge in [0.1, 0.15) is 0 Å². The second kappa shape index (κ2) is 2.58. The number of rotatable bonds is 1. The highest BCUT2D eigenvalue weighted by atomic mass is 32.3. The highest BCUT2D eigenvalue weighted by molar-refractivity contribution is 7.82. The van der Waals surface area contributed by atoms with Crippen LogP contribution in [0.1, 0.15) is 0 Å². The van der Waals surface area contributed by atoms with E-state index in [4.69, 9.17) is 0 Å². The molecule has 0 saturated carbocycles. The average Bonchev–Trinajstić information content (AvgIpc) is 2.36. The fourth-order valence-corrected chi connectivity index (χ4v) is 1.78. The summed E-state index contributed by atoms with van der Waals surface area (Å²) < 4.78 is 30.2. The number of hydrogen-bond acceptors (Lipinski definition) is 6. The monoisotopic (exact) mass is 217 g/mol. The molecule has 0 atom stereocenters. The molecule has 1 aliphatic heterocycles. The molecular weight excluding hydrogens is 214 g/mol. The van der Waals surface area contributed by atoms with Crippen LogP contribution in [0.3, 0.4) is 0 Å². The van der Waals surface area contributed by atoms with Gasteiger partial charge < -0.3 is 8.37 Å². The first-order valence-electron chi connectivity index (χ1n) is 3.41. The van der Waals surface area contributed by atoms with Crippen molar-refractivity contribution in [1.29, 1.82) is 0 Å². The normalized spacial score (nSPS) is 16.6. The minimum atomic E-state index is -4.17. The van der Waals surface area contributed by atoms with Crippen LogP contribution < -0.4 is 8.37 Å². The van der Waals surface area contributed by atoms with E-state index in [1.807, 2.05) is 0 Å². The molecule has 0 saturated heterocycles. The Labute approximate surface area is 78.3 Å². The second-order valence-corrected chi connectivity index (χ2v) is 3.59. The Balaban J connectivity index is 2.63. The van der Waals surface area contributed by atoms with E-state index in [2.05, 4.69) is 8.37 Å². The Kier molecular flexibility index (Phi) is 1.61. The van der Waals surface area contributed by atoms with Crippen LogP contribution in [0.25, 0.3) is 0 Å². The van der Waals surface area contributed by atoms with Gasteiger partial charge in [0, 0.05) is 6.07 Å². The smallest absolute Gasteiger partial charge is 0.348 e. The summed E-state index contributed by atoms with van der Waals surface area (Å²) in [4.78, 5) is 9.70. The van der Waals surface area contributed by atoms with Crippen LogP contribution in [-0.4, -0.2) is 13.3 Å². The minimum absolute atomic E-state index is 0.167. The molecule has 0 fully saturated rings. The van der Waals surface area contributed by atoms with E-state index in [0.717, 1.165) is 6.07 Å². The van der Waals surface area contributed by atoms with Crippen LogP contribution in [0.4, 0.5) is 5.69 Å². The highest BCUT2D eigenvalue weighted by Gasteiger charge is 2.35. The molecule has 74 valence electrons. The molecule has 7 nitrogen and oxygen atoms in total. The molecule has 0 unspecified atom stereocenters. The Hall–Kier alpha value is -1.83. The quantitative estimate of drug-likeness (QED) is 0.505. The van der Waals surface area contributed by atoms with Crippen LogP contribution in [0.15, 0.2) is 18.2 Å². The van der Waals surface area contributed by atoms with Crippen molar-refractivity contribution in [2.45, 2.75) is 0 Å². The number of nitrogens with zero attached hydrogens (tertiary/aromatic N) is 1. The zero-order valence-electron chi connectivity index (χ0n) is 6.54. The first-order valence-corrected chi connectivity index (χ1v) is 4.74. The summed E-state index contributed by atoms with van der Waals surface area (Å²) >= 11 is 0. The molecule has 1 aromatic carbocycles. The van der Waals surface area contributed by atoms with E-state index >= 15 is 0 Å². The van der Waals surface area contributed by atoms with E-state index in [1.54, 1.807) is 0 Å². The van der Waals surface area contributed by atoms with E-state index in [1.165, 1.54) is 12.1 Å². The van der Waals surface area contributed by atoms with Gasteiger partial charge in [0.05, 0.1) is 4.92 Å². The molecule has 0 bridgehead atoms. The van der Waals surface area contributed by atoms with Gasteiger partial charge in [0.25, 0.3) is 5.75 Å². The summed E-state index contributed by atoms with van der Waals surface area (Å²) in [6.45, 7) is 0. The molecule has 1 heterocycles. The van der Waals surface area contributed by atoms with Gasteiger partial charge in [-0.1, -0.05) is 6.07 Å². The molecular formula is C6H3NO6S. The van der Waals surface area contributed by atoms with Gasteiger partial charge in [-0.2, -0.15) is 0 Å². The molecule has 1 aromatic rings. The maximum Gasteiger partial charge on any atom is 0.501 e. The Morgan fingerprint density at radius 3 is 2.64 bits per heavy atom. The molecule has 0 aliphatic carbocycles. The summed E-state index contributed by atoms with van der Waals surface area (Å²) in [5, 5.41) is 10.4. The molecule has 0 aromatic heterocycles. The van der Waals surface area contributed by atoms with Crippen molar-refractivity contribution >= 4 is 16.1 Å². The van der Waals surface area contributed by atoms with Crippen LogP contribution in [0.2, 0.25) is 0 Å². The molecule has 0 spiro atoms. The number of nitro benzene ring substituents is 1. The Morgan fingerprint density at radius 1 is 1.29 bits per heavy atom. The first kappa shape index (κ1) is 8.75. The zero-order chi connectivity index (χ0) is 10.3. The Bertz CT molecular complexity index is 507. The third-order valence-electron chi connectivity index (χ3n) is 1.53. The fourth-order valence-electron chi connectivity index (χ4n) is 1.03. The second-order valence-electron chi connectivity index (χ2n) is 2.44. The summed E-state index contributed by atoms with van der Waals surface area (Å²) in [6.07, 6.45) is 0. The number of nitro groups is 1. The van der Waals surface area contributed by atoms with Crippen LogP contribution in [0, 0.1) is 10.1 Å². The Morgan fingerprint density at radius 2 is 2.00 bits per heavy atom. The van der Waals surface area contributed by atoms with Gasteiger partial charge in [-0.15, -0.1) is 8.42 Å². The summed E-state index contributed by atoms with van der Waals surface area (Å²) in [5.74, 6) is -0.545. The van der Waals surface area contributed by atoms with Crippen molar-refractivity contribution in [2.75, 3.05) is 0 Å². The largest absolute Gasteiger partial charge is 0.501 e. The maximum absolute atomic E-state index is 10.8. The van der Waals surface area contributed by atoms with Crippen molar-refractivity contribution in [3.8, 4) is 11.5 Å². The van der Waals surface area contributed by atoms with Crippen LogP contribution in [0.5, 0.6) is 11.5 Å². The molecule has 8 heteroatoms. The lowest BCUT2D eigenvalue weighted by molar-refractivity contribution is -0.385. The average molecular weight is 217 g/mol. The first-order chi connectivity index (χ1) is 6.49. The number of para-hydroxylation sites is 1. The van der Waals surface area contributed by atoms with Gasteiger partial charge in [0.2, 0.25) is 0 Å². The number of fused-ring (bicyclic) bond motifs is 1. The van der Waals surface area contributed by atoms with Crippen molar-refractivity contribution in [2.24, 2.45) is 0 Å². The summed E-state index contributed by atoms with van der Waals surface area (Å²) in [6, 6.07) is 3.71. The molecule has 0 amide bonds. The predicted molar refractivity (Wildman–Crippen MR) is 43.3 cm³/mol. The standard InChI is InChI=1S/C6H3NO6S/c8-7(9)4-2-1-3-5-6(4)13-14(10,11)12-5/h1-3H. The van der Waals surface area contributed by atoms with Crippen LogP contribution >= 0.6 is 0 Å². The number of hydrogen-bond donors (Lipinski definition) is 0. The van der Waals surface area contributed by atoms with Gasteiger partial charge >= 0.3 is 16.1 Å². The van der Waals surface area contributed by atoms with E-state index in [9.17, 15) is 18.5 Å². The minimum Gasteiger partial charge on any atom is -0.348 e. The lowest BCUT2D eigenvalue weighted by atomic mass is 10.3. The third kappa shape index (κ3) is 1.25. The van der Waals surface area contributed by atoms with Gasteiger partial charge in [0.15, 0.2) is 5.75 Å². The zero-order valence-corrected chi connectivity index (χ0v) is 7.35. The van der Waals surface area contributed by atoms with Gasteiger partial charge in [-0.3, -0.25) is 10.1 Å². The van der Waals surface area contributed by atoms with Gasteiger partial charge in [-0.25, -0.2) is 0 Å². The fraction of sp³-hybridized carbons (Fsp3) is 0. The topological polar surface area (TPSA) is 95.7 Å². The summed E-state index contributed by atoms with van der Waals surface area (Å²) in [5.41, 5.74) is -0.441. The van der Waals surface area contributed by atoms with E-state index < -0.39 is 21.0 Å². The molecule has 0 N–H and O–H groups in total. The molecule has 1 aliphatic rings. The summed E-state index contributed by atoms with van der Waals surface area (Å²) in [7, 11) is -4.17. The molecule has 14 heavy (non-hydrogen) atoms. The lowest BCUT2D eigenvalue weighted by Crippen LogP contribution is -2.08. The van der Waals surface area contributed by atoms with Crippen molar-refractivity contribution in [3.63, 3.8) is 0 Å². The predicted octanol–water partition coefficient (Wildman–Crippen LogP) is 0.611.